The van der Waals surface area contributed by atoms with E-state index >= 15 is 0 Å². The maximum absolute atomic E-state index is 5.79. The number of nitrogens with zero attached hydrogens (tertiary/aromatic N) is 1. The number of hydrogen-bond acceptors (Lipinski definition) is 4. The summed E-state index contributed by atoms with van der Waals surface area (Å²) in [5.41, 5.74) is 11.9. The zero-order valence-electron chi connectivity index (χ0n) is 9.77. The Kier molecular flexibility index (Phi) is 3.41. The van der Waals surface area contributed by atoms with Crippen LogP contribution in [0.2, 0.25) is 0 Å². The average molecular weight is 231 g/mol. The monoisotopic (exact) mass is 231 g/mol. The molecule has 1 unspecified atom stereocenters. The molecule has 0 saturated heterocycles. The predicted octanol–water partition coefficient (Wildman–Crippen LogP) is 1.05. The number of rotatable bonds is 4. The standard InChI is InChI=1S/C12H17N5/c1-8-3-2-4-9(5-8)6-11(16-14)10-7-15-17-12(10)13/h2-5,7,11,16H,6,14H2,1H3,(H3,13,15,17). The fourth-order valence-corrected chi connectivity index (χ4v) is 1.92. The second-order valence-electron chi connectivity index (χ2n) is 4.15. The highest BCUT2D eigenvalue weighted by atomic mass is 15.2. The molecule has 0 spiro atoms. The van der Waals surface area contributed by atoms with Crippen LogP contribution in [-0.4, -0.2) is 10.2 Å². The topological polar surface area (TPSA) is 92.7 Å². The van der Waals surface area contributed by atoms with Gasteiger partial charge in [-0.05, 0) is 18.9 Å². The van der Waals surface area contributed by atoms with Crippen LogP contribution in [0.25, 0.3) is 0 Å². The normalized spacial score (nSPS) is 12.6. The lowest BCUT2D eigenvalue weighted by molar-refractivity contribution is 0.553. The third-order valence-corrected chi connectivity index (χ3v) is 2.80. The van der Waals surface area contributed by atoms with Gasteiger partial charge < -0.3 is 5.73 Å². The second kappa shape index (κ2) is 4.99. The van der Waals surface area contributed by atoms with Gasteiger partial charge in [0.25, 0.3) is 0 Å². The third kappa shape index (κ3) is 2.64. The summed E-state index contributed by atoms with van der Waals surface area (Å²) in [6.07, 6.45) is 2.48. The zero-order valence-corrected chi connectivity index (χ0v) is 9.77. The van der Waals surface area contributed by atoms with Crippen LogP contribution >= 0.6 is 0 Å². The minimum atomic E-state index is -0.0319. The number of aromatic amines is 1. The molecule has 2 aromatic rings. The molecule has 0 radical (unpaired) electrons. The highest BCUT2D eigenvalue weighted by molar-refractivity contribution is 5.40. The number of benzene rings is 1. The van der Waals surface area contributed by atoms with Gasteiger partial charge in [-0.25, -0.2) is 0 Å². The first-order chi connectivity index (χ1) is 8.20. The van der Waals surface area contributed by atoms with Gasteiger partial charge in [-0.2, -0.15) is 5.10 Å². The van der Waals surface area contributed by atoms with Gasteiger partial charge in [0, 0.05) is 5.56 Å². The minimum Gasteiger partial charge on any atom is -0.384 e. The van der Waals surface area contributed by atoms with Crippen molar-refractivity contribution < 1.29 is 0 Å². The van der Waals surface area contributed by atoms with Gasteiger partial charge in [-0.1, -0.05) is 29.8 Å². The lowest BCUT2D eigenvalue weighted by Crippen LogP contribution is -2.29. The molecule has 0 aliphatic rings. The highest BCUT2D eigenvalue weighted by Crippen LogP contribution is 2.21. The summed E-state index contributed by atoms with van der Waals surface area (Å²) in [6.45, 7) is 2.07. The average Bonchev–Trinajstić information content (AvgIpc) is 2.72. The van der Waals surface area contributed by atoms with Crippen LogP contribution in [0.5, 0.6) is 0 Å². The summed E-state index contributed by atoms with van der Waals surface area (Å²) in [6, 6.07) is 8.29. The molecule has 1 aromatic carbocycles. The maximum Gasteiger partial charge on any atom is 0.123 e. The maximum atomic E-state index is 5.79. The van der Waals surface area contributed by atoms with E-state index in [2.05, 4.69) is 40.7 Å². The molecule has 2 rings (SSSR count). The number of anilines is 1. The molecular weight excluding hydrogens is 214 g/mol. The van der Waals surface area contributed by atoms with Crippen LogP contribution in [0.15, 0.2) is 30.5 Å². The van der Waals surface area contributed by atoms with E-state index in [1.807, 2.05) is 6.07 Å². The van der Waals surface area contributed by atoms with E-state index in [-0.39, 0.29) is 6.04 Å². The number of hydrazine groups is 1. The van der Waals surface area contributed by atoms with Crippen molar-refractivity contribution in [2.75, 3.05) is 5.73 Å². The summed E-state index contributed by atoms with van der Waals surface area (Å²) >= 11 is 0. The van der Waals surface area contributed by atoms with Crippen molar-refractivity contribution in [3.05, 3.63) is 47.2 Å². The molecule has 0 saturated carbocycles. The Balaban J connectivity index is 2.19. The number of nitrogens with two attached hydrogens (primary N) is 2. The van der Waals surface area contributed by atoms with Crippen molar-refractivity contribution in [1.82, 2.24) is 15.6 Å². The van der Waals surface area contributed by atoms with E-state index in [0.717, 1.165) is 12.0 Å². The molecule has 5 nitrogen and oxygen atoms in total. The smallest absolute Gasteiger partial charge is 0.123 e. The molecule has 0 aliphatic heterocycles. The molecule has 0 amide bonds. The van der Waals surface area contributed by atoms with Crippen molar-refractivity contribution in [1.29, 1.82) is 0 Å². The molecule has 1 heterocycles. The first kappa shape index (κ1) is 11.6. The van der Waals surface area contributed by atoms with Gasteiger partial charge in [0.1, 0.15) is 5.82 Å². The lowest BCUT2D eigenvalue weighted by atomic mass is 10.00. The van der Waals surface area contributed by atoms with Crippen LogP contribution in [0.3, 0.4) is 0 Å². The van der Waals surface area contributed by atoms with E-state index in [9.17, 15) is 0 Å². The molecule has 0 bridgehead atoms. The van der Waals surface area contributed by atoms with Gasteiger partial charge in [-0.3, -0.25) is 16.4 Å². The molecule has 6 N–H and O–H groups in total. The summed E-state index contributed by atoms with van der Waals surface area (Å²) in [7, 11) is 0. The number of nitrogen functional groups attached to an aromatic ring is 1. The quantitative estimate of drug-likeness (QED) is 0.467. The van der Waals surface area contributed by atoms with Crippen LogP contribution in [0, 0.1) is 6.92 Å². The zero-order chi connectivity index (χ0) is 12.3. The van der Waals surface area contributed by atoms with Crippen molar-refractivity contribution in [2.45, 2.75) is 19.4 Å². The number of nitrogens with one attached hydrogen (secondary N) is 2. The Morgan fingerprint density at radius 1 is 1.47 bits per heavy atom. The molecule has 1 atom stereocenters. The molecule has 90 valence electrons. The number of hydrogen-bond donors (Lipinski definition) is 4. The van der Waals surface area contributed by atoms with E-state index in [1.165, 1.54) is 11.1 Å². The van der Waals surface area contributed by atoms with Crippen molar-refractivity contribution in [3.8, 4) is 0 Å². The molecular formula is C12H17N5. The number of H-pyrrole nitrogens is 1. The van der Waals surface area contributed by atoms with E-state index in [1.54, 1.807) is 6.20 Å². The number of aryl methyl sites for hydroxylation is 1. The molecule has 1 aromatic heterocycles. The fraction of sp³-hybridized carbons (Fsp3) is 0.250. The SMILES string of the molecule is Cc1cccc(CC(NN)c2cn[nH]c2N)c1. The van der Waals surface area contributed by atoms with Gasteiger partial charge in [0.2, 0.25) is 0 Å². The Hall–Kier alpha value is -1.85. The van der Waals surface area contributed by atoms with Gasteiger partial charge in [0.05, 0.1) is 12.2 Å². The van der Waals surface area contributed by atoms with Gasteiger partial charge in [0.15, 0.2) is 0 Å². The lowest BCUT2D eigenvalue weighted by Gasteiger charge is -2.15. The Bertz CT molecular complexity index is 491. The van der Waals surface area contributed by atoms with Crippen LogP contribution < -0.4 is 17.0 Å². The van der Waals surface area contributed by atoms with Crippen molar-refractivity contribution in [2.24, 2.45) is 5.84 Å². The Morgan fingerprint density at radius 3 is 2.88 bits per heavy atom. The van der Waals surface area contributed by atoms with Crippen molar-refractivity contribution >= 4 is 5.82 Å². The van der Waals surface area contributed by atoms with Crippen LogP contribution in [0.1, 0.15) is 22.7 Å². The van der Waals surface area contributed by atoms with Crippen LogP contribution in [0.4, 0.5) is 5.82 Å². The van der Waals surface area contributed by atoms with Gasteiger partial charge >= 0.3 is 0 Å². The first-order valence-corrected chi connectivity index (χ1v) is 5.51. The summed E-state index contributed by atoms with van der Waals surface area (Å²) in [5, 5.41) is 6.62. The summed E-state index contributed by atoms with van der Waals surface area (Å²) in [5.74, 6) is 6.13. The second-order valence-corrected chi connectivity index (χ2v) is 4.15. The van der Waals surface area contributed by atoms with Gasteiger partial charge in [-0.15, -0.1) is 0 Å². The third-order valence-electron chi connectivity index (χ3n) is 2.80. The Labute approximate surface area is 100 Å². The van der Waals surface area contributed by atoms with E-state index < -0.39 is 0 Å². The van der Waals surface area contributed by atoms with Crippen molar-refractivity contribution in [3.63, 3.8) is 0 Å². The largest absolute Gasteiger partial charge is 0.384 e. The van der Waals surface area contributed by atoms with Crippen LogP contribution in [-0.2, 0) is 6.42 Å². The summed E-state index contributed by atoms with van der Waals surface area (Å²) < 4.78 is 0. The van der Waals surface area contributed by atoms with E-state index in [4.69, 9.17) is 11.6 Å². The molecule has 0 fully saturated rings. The summed E-state index contributed by atoms with van der Waals surface area (Å²) in [4.78, 5) is 0. The van der Waals surface area contributed by atoms with E-state index in [0.29, 0.717) is 5.82 Å². The Morgan fingerprint density at radius 2 is 2.29 bits per heavy atom. The predicted molar refractivity (Wildman–Crippen MR) is 67.9 cm³/mol. The molecule has 5 heteroatoms. The first-order valence-electron chi connectivity index (χ1n) is 5.51. The minimum absolute atomic E-state index is 0.0319. The molecule has 0 aliphatic carbocycles. The number of aromatic nitrogens is 2. The fourth-order valence-electron chi connectivity index (χ4n) is 1.92. The molecule has 17 heavy (non-hydrogen) atoms. The highest BCUT2D eigenvalue weighted by Gasteiger charge is 2.15.